The Hall–Kier alpha value is -0.340. The summed E-state index contributed by atoms with van der Waals surface area (Å²) in [7, 11) is -3.82. The van der Waals surface area contributed by atoms with Crippen LogP contribution >= 0.6 is 0 Å². The van der Waals surface area contributed by atoms with Gasteiger partial charge in [-0.3, -0.25) is 0 Å². The fraction of sp³-hybridized carbons (Fsp3) is 1.00. The van der Waals surface area contributed by atoms with Crippen molar-refractivity contribution >= 4 is 10.0 Å². The first kappa shape index (κ1) is 14.7. The van der Waals surface area contributed by atoms with Crippen LogP contribution in [0.1, 0.15) is 25.7 Å². The second-order valence-corrected chi connectivity index (χ2v) is 6.12. The van der Waals surface area contributed by atoms with Crippen molar-refractivity contribution in [1.82, 2.24) is 10.0 Å². The lowest BCUT2D eigenvalue weighted by atomic mass is 10.0. The van der Waals surface area contributed by atoms with Crippen LogP contribution in [0.5, 0.6) is 0 Å². The third-order valence-corrected chi connectivity index (χ3v) is 4.00. The van der Waals surface area contributed by atoms with E-state index in [0.717, 1.165) is 25.8 Å². The van der Waals surface area contributed by atoms with E-state index < -0.39 is 22.7 Å². The van der Waals surface area contributed by atoms with Gasteiger partial charge < -0.3 is 5.32 Å². The van der Waals surface area contributed by atoms with E-state index in [9.17, 15) is 21.6 Å². The van der Waals surface area contributed by atoms with Gasteiger partial charge in [0.05, 0.1) is 5.75 Å². The normalized spacial score (nSPS) is 22.6. The zero-order chi connectivity index (χ0) is 12.9. The fourth-order valence-corrected chi connectivity index (χ4v) is 2.85. The average Bonchev–Trinajstić information content (AvgIpc) is 2.25. The van der Waals surface area contributed by atoms with Crippen LogP contribution in [0.3, 0.4) is 0 Å². The highest BCUT2D eigenvalue weighted by atomic mass is 32.2. The molecule has 1 fully saturated rings. The van der Waals surface area contributed by atoms with E-state index in [1.165, 1.54) is 0 Å². The van der Waals surface area contributed by atoms with E-state index in [2.05, 4.69) is 5.32 Å². The number of halogens is 3. The van der Waals surface area contributed by atoms with Crippen molar-refractivity contribution in [3.8, 4) is 0 Å². The van der Waals surface area contributed by atoms with Crippen LogP contribution in [0.25, 0.3) is 0 Å². The van der Waals surface area contributed by atoms with Crippen molar-refractivity contribution in [2.75, 3.05) is 18.8 Å². The number of piperidine rings is 1. The first-order valence-corrected chi connectivity index (χ1v) is 7.21. The molecular weight excluding hydrogens is 257 g/mol. The van der Waals surface area contributed by atoms with Crippen LogP contribution in [-0.2, 0) is 10.0 Å². The summed E-state index contributed by atoms with van der Waals surface area (Å²) in [5.41, 5.74) is 0. The summed E-state index contributed by atoms with van der Waals surface area (Å²) in [5.74, 6) is -0.263. The fourth-order valence-electron chi connectivity index (χ4n) is 1.73. The molecule has 0 saturated carbocycles. The Bertz CT molecular complexity index is 324. The molecule has 0 aromatic heterocycles. The molecular formula is C9H17F3N2O2S. The first-order chi connectivity index (χ1) is 7.79. The summed E-state index contributed by atoms with van der Waals surface area (Å²) in [5, 5.41) is 3.15. The maximum absolute atomic E-state index is 11.8. The topological polar surface area (TPSA) is 58.2 Å². The molecule has 0 aromatic carbocycles. The van der Waals surface area contributed by atoms with Gasteiger partial charge in [0, 0.05) is 6.04 Å². The lowest BCUT2D eigenvalue weighted by Crippen LogP contribution is -2.39. The second kappa shape index (κ2) is 6.01. The number of sulfonamides is 1. The predicted octanol–water partition coefficient (Wildman–Crippen LogP) is 1.00. The van der Waals surface area contributed by atoms with Crippen molar-refractivity contribution in [2.24, 2.45) is 0 Å². The van der Waals surface area contributed by atoms with E-state index in [-0.39, 0.29) is 11.8 Å². The Kier molecular flexibility index (Phi) is 5.21. The van der Waals surface area contributed by atoms with Gasteiger partial charge in [0.1, 0.15) is 6.54 Å². The molecule has 1 atom stereocenters. The summed E-state index contributed by atoms with van der Waals surface area (Å²) >= 11 is 0. The maximum atomic E-state index is 11.8. The van der Waals surface area contributed by atoms with Gasteiger partial charge in [0.2, 0.25) is 10.0 Å². The number of rotatable bonds is 5. The molecule has 0 aromatic rings. The molecule has 17 heavy (non-hydrogen) atoms. The van der Waals surface area contributed by atoms with E-state index in [1.54, 1.807) is 4.72 Å². The zero-order valence-electron chi connectivity index (χ0n) is 9.39. The third kappa shape index (κ3) is 6.85. The minimum absolute atomic E-state index is 0.103. The molecule has 1 aliphatic rings. The largest absolute Gasteiger partial charge is 0.402 e. The quantitative estimate of drug-likeness (QED) is 0.786. The Morgan fingerprint density at radius 3 is 2.53 bits per heavy atom. The minimum Gasteiger partial charge on any atom is -0.314 e. The predicted molar refractivity (Wildman–Crippen MR) is 58.1 cm³/mol. The molecule has 1 saturated heterocycles. The molecule has 4 nitrogen and oxygen atoms in total. The van der Waals surface area contributed by atoms with Crippen molar-refractivity contribution in [1.29, 1.82) is 0 Å². The molecule has 1 aliphatic heterocycles. The summed E-state index contributed by atoms with van der Waals surface area (Å²) in [6, 6.07) is 0.103. The number of alkyl halides is 3. The van der Waals surface area contributed by atoms with Crippen LogP contribution in [-0.4, -0.2) is 39.5 Å². The highest BCUT2D eigenvalue weighted by Crippen LogP contribution is 2.14. The van der Waals surface area contributed by atoms with Crippen molar-refractivity contribution in [2.45, 2.75) is 37.9 Å². The first-order valence-electron chi connectivity index (χ1n) is 5.56. The van der Waals surface area contributed by atoms with Gasteiger partial charge in [0.25, 0.3) is 0 Å². The van der Waals surface area contributed by atoms with Crippen LogP contribution in [0.15, 0.2) is 0 Å². The van der Waals surface area contributed by atoms with Gasteiger partial charge in [-0.25, -0.2) is 13.1 Å². The standard InChI is InChI=1S/C9H17F3N2O2S/c10-9(11,12)7-14-17(15,16)6-4-8-3-1-2-5-13-8/h8,13-14H,1-7H2. The van der Waals surface area contributed by atoms with E-state index in [1.807, 2.05) is 0 Å². The molecule has 2 N–H and O–H groups in total. The van der Waals surface area contributed by atoms with Crippen molar-refractivity contribution < 1.29 is 21.6 Å². The molecule has 1 unspecified atom stereocenters. The van der Waals surface area contributed by atoms with Gasteiger partial charge >= 0.3 is 6.18 Å². The Balaban J connectivity index is 2.28. The summed E-state index contributed by atoms with van der Waals surface area (Å²) in [4.78, 5) is 0. The zero-order valence-corrected chi connectivity index (χ0v) is 10.2. The smallest absolute Gasteiger partial charge is 0.314 e. The van der Waals surface area contributed by atoms with Crippen LogP contribution in [0.4, 0.5) is 13.2 Å². The second-order valence-electron chi connectivity index (χ2n) is 4.19. The lowest BCUT2D eigenvalue weighted by molar-refractivity contribution is -0.121. The SMILES string of the molecule is O=S(=O)(CCC1CCCCN1)NCC(F)(F)F. The molecule has 0 spiro atoms. The molecule has 1 rings (SSSR count). The van der Waals surface area contributed by atoms with E-state index >= 15 is 0 Å². The summed E-state index contributed by atoms with van der Waals surface area (Å²) in [6.45, 7) is -0.645. The van der Waals surface area contributed by atoms with Crippen molar-refractivity contribution in [3.05, 3.63) is 0 Å². The van der Waals surface area contributed by atoms with Gasteiger partial charge in [0.15, 0.2) is 0 Å². The summed E-state index contributed by atoms with van der Waals surface area (Å²) < 4.78 is 59.6. The maximum Gasteiger partial charge on any atom is 0.402 e. The Morgan fingerprint density at radius 2 is 2.00 bits per heavy atom. The molecule has 0 aliphatic carbocycles. The Labute approximate surface area is 99.0 Å². The molecule has 102 valence electrons. The number of hydrogen-bond acceptors (Lipinski definition) is 3. The highest BCUT2D eigenvalue weighted by molar-refractivity contribution is 7.89. The Morgan fingerprint density at radius 1 is 1.29 bits per heavy atom. The molecule has 0 radical (unpaired) electrons. The monoisotopic (exact) mass is 274 g/mol. The summed E-state index contributed by atoms with van der Waals surface area (Å²) in [6.07, 6.45) is -1.17. The van der Waals surface area contributed by atoms with Gasteiger partial charge in [-0.15, -0.1) is 0 Å². The number of hydrogen-bond donors (Lipinski definition) is 2. The molecule has 1 heterocycles. The van der Waals surface area contributed by atoms with Crippen LogP contribution in [0.2, 0.25) is 0 Å². The lowest BCUT2D eigenvalue weighted by Gasteiger charge is -2.23. The number of nitrogens with one attached hydrogen (secondary N) is 2. The van der Waals surface area contributed by atoms with Gasteiger partial charge in [-0.2, -0.15) is 13.2 Å². The van der Waals surface area contributed by atoms with Gasteiger partial charge in [-0.05, 0) is 25.8 Å². The van der Waals surface area contributed by atoms with Crippen LogP contribution in [0, 0.1) is 0 Å². The molecule has 0 amide bonds. The third-order valence-electron chi connectivity index (χ3n) is 2.64. The van der Waals surface area contributed by atoms with E-state index in [0.29, 0.717) is 6.42 Å². The van der Waals surface area contributed by atoms with Crippen molar-refractivity contribution in [3.63, 3.8) is 0 Å². The van der Waals surface area contributed by atoms with Crippen LogP contribution < -0.4 is 10.0 Å². The molecule has 0 bridgehead atoms. The molecule has 8 heteroatoms. The average molecular weight is 274 g/mol. The minimum atomic E-state index is -4.50. The highest BCUT2D eigenvalue weighted by Gasteiger charge is 2.29. The van der Waals surface area contributed by atoms with Gasteiger partial charge in [-0.1, -0.05) is 6.42 Å². The van der Waals surface area contributed by atoms with E-state index in [4.69, 9.17) is 0 Å².